The molecule has 5 rings (SSSR count). The highest BCUT2D eigenvalue weighted by Crippen LogP contribution is 2.48. The molecule has 2 heterocycles. The second kappa shape index (κ2) is 10.3. The van der Waals surface area contributed by atoms with Crippen LogP contribution in [0.5, 0.6) is 0 Å². The lowest BCUT2D eigenvalue weighted by Crippen LogP contribution is -2.33. The summed E-state index contributed by atoms with van der Waals surface area (Å²) < 4.78 is 43.4. The predicted molar refractivity (Wildman–Crippen MR) is 133 cm³/mol. The molecule has 1 aromatic carbocycles. The van der Waals surface area contributed by atoms with Crippen molar-refractivity contribution in [3.8, 4) is 0 Å². The van der Waals surface area contributed by atoms with Crippen LogP contribution in [-0.2, 0) is 21.0 Å². The maximum absolute atomic E-state index is 14.8. The number of nitrogens with zero attached hydrogens (tertiary/aromatic N) is 3. The first-order valence-electron chi connectivity index (χ1n) is 12.0. The Morgan fingerprint density at radius 1 is 1.22 bits per heavy atom. The number of alkyl halides is 1. The number of ketones is 1. The van der Waals surface area contributed by atoms with Crippen LogP contribution in [0.4, 0.5) is 10.2 Å². The lowest BCUT2D eigenvalue weighted by molar-refractivity contribution is 0.0501. The van der Waals surface area contributed by atoms with Gasteiger partial charge in [0.15, 0.2) is 5.78 Å². The van der Waals surface area contributed by atoms with Gasteiger partial charge in [-0.05, 0) is 36.3 Å². The number of rotatable bonds is 10. The number of benzene rings is 1. The topological polar surface area (TPSA) is 149 Å². The fourth-order valence-corrected chi connectivity index (χ4v) is 5.40. The van der Waals surface area contributed by atoms with Crippen LogP contribution in [0, 0.1) is 11.8 Å². The SMILES string of the molecule is NS(=O)(=O)OC[C@H]1C[C@@H](Nc2ncncc2C(=O)c2ccn(C[C@H]3C[C@@H]3c3ccccc3)c2)[C@@H](F)[C@@H]1O. The molecule has 0 amide bonds. The van der Waals surface area contributed by atoms with E-state index in [9.17, 15) is 22.7 Å². The first-order valence-corrected chi connectivity index (χ1v) is 13.5. The third-order valence-corrected chi connectivity index (χ3v) is 7.55. The van der Waals surface area contributed by atoms with E-state index in [-0.39, 0.29) is 23.6 Å². The molecular weight excluding hydrogens is 501 g/mol. The molecule has 0 aliphatic heterocycles. The number of hydrogen-bond acceptors (Lipinski definition) is 8. The largest absolute Gasteiger partial charge is 0.390 e. The Hall–Kier alpha value is -3.19. The number of aliphatic hydroxyl groups is 1. The van der Waals surface area contributed by atoms with E-state index in [2.05, 4.69) is 31.6 Å². The normalized spacial score (nSPS) is 27.2. The van der Waals surface area contributed by atoms with Gasteiger partial charge >= 0.3 is 10.3 Å². The van der Waals surface area contributed by atoms with Crippen molar-refractivity contribution in [2.45, 2.75) is 43.6 Å². The summed E-state index contributed by atoms with van der Waals surface area (Å²) in [7, 11) is -4.22. The van der Waals surface area contributed by atoms with E-state index < -0.39 is 41.1 Å². The van der Waals surface area contributed by atoms with Gasteiger partial charge in [0, 0.05) is 36.6 Å². The second-order valence-corrected chi connectivity index (χ2v) is 10.9. The highest BCUT2D eigenvalue weighted by Gasteiger charge is 2.44. The molecule has 37 heavy (non-hydrogen) atoms. The number of carbonyl (C=O) groups excluding carboxylic acids is 1. The van der Waals surface area contributed by atoms with Gasteiger partial charge in [-0.2, -0.15) is 8.42 Å². The monoisotopic (exact) mass is 529 g/mol. The Kier molecular flexibility index (Phi) is 7.08. The number of halogens is 1. The smallest absolute Gasteiger partial charge is 0.333 e. The van der Waals surface area contributed by atoms with Crippen molar-refractivity contribution >= 4 is 21.9 Å². The van der Waals surface area contributed by atoms with Gasteiger partial charge in [0.25, 0.3) is 0 Å². The van der Waals surface area contributed by atoms with Gasteiger partial charge in [-0.1, -0.05) is 30.3 Å². The average Bonchev–Trinajstić information content (AvgIpc) is 3.40. The number of anilines is 1. The van der Waals surface area contributed by atoms with Gasteiger partial charge in [-0.3, -0.25) is 8.98 Å². The van der Waals surface area contributed by atoms with Crippen LogP contribution < -0.4 is 10.5 Å². The summed E-state index contributed by atoms with van der Waals surface area (Å²) in [6.07, 6.45) is 4.22. The Bertz CT molecular complexity index is 1370. The number of nitrogens with two attached hydrogens (primary N) is 1. The van der Waals surface area contributed by atoms with Crippen molar-refractivity contribution in [1.29, 1.82) is 0 Å². The minimum absolute atomic E-state index is 0.0514. The number of hydrogen-bond donors (Lipinski definition) is 3. The molecule has 2 aliphatic rings. The molecule has 2 aliphatic carbocycles. The highest BCUT2D eigenvalue weighted by molar-refractivity contribution is 7.84. The van der Waals surface area contributed by atoms with Crippen molar-refractivity contribution in [3.05, 3.63) is 78.0 Å². The van der Waals surface area contributed by atoms with Crippen LogP contribution in [0.3, 0.4) is 0 Å². The van der Waals surface area contributed by atoms with Crippen LogP contribution in [-0.4, -0.2) is 58.8 Å². The van der Waals surface area contributed by atoms with Crippen LogP contribution in [0.25, 0.3) is 0 Å². The highest BCUT2D eigenvalue weighted by atomic mass is 32.2. The van der Waals surface area contributed by atoms with E-state index in [0.717, 1.165) is 13.0 Å². The predicted octanol–water partition coefficient (Wildman–Crippen LogP) is 2.03. The summed E-state index contributed by atoms with van der Waals surface area (Å²) in [5.41, 5.74) is 1.95. The first-order chi connectivity index (χ1) is 17.7. The van der Waals surface area contributed by atoms with Gasteiger partial charge in [0.05, 0.1) is 24.3 Å². The van der Waals surface area contributed by atoms with Crippen molar-refractivity contribution in [2.75, 3.05) is 11.9 Å². The Balaban J connectivity index is 1.24. The van der Waals surface area contributed by atoms with E-state index in [1.807, 2.05) is 29.0 Å². The zero-order valence-electron chi connectivity index (χ0n) is 19.9. The molecule has 6 atom stereocenters. The molecule has 12 heteroatoms. The van der Waals surface area contributed by atoms with Gasteiger partial charge in [-0.25, -0.2) is 19.5 Å². The molecule has 4 N–H and O–H groups in total. The number of nitrogens with one attached hydrogen (secondary N) is 1. The Labute approximate surface area is 214 Å². The Morgan fingerprint density at radius 3 is 2.76 bits per heavy atom. The molecule has 0 saturated heterocycles. The molecule has 0 unspecified atom stereocenters. The second-order valence-electron chi connectivity index (χ2n) is 9.68. The van der Waals surface area contributed by atoms with Crippen molar-refractivity contribution < 1.29 is 26.9 Å². The van der Waals surface area contributed by atoms with E-state index >= 15 is 0 Å². The van der Waals surface area contributed by atoms with Gasteiger partial charge in [-0.15, -0.1) is 0 Å². The first kappa shape index (κ1) is 25.5. The minimum Gasteiger partial charge on any atom is -0.390 e. The van der Waals surface area contributed by atoms with Crippen LogP contribution in [0.1, 0.15) is 40.2 Å². The molecule has 196 valence electrons. The molecule has 0 spiro atoms. The fourth-order valence-electron chi connectivity index (χ4n) is 5.04. The fraction of sp³-hybridized carbons (Fsp3) is 0.400. The standard InChI is InChI=1S/C25H28FN5O5S/c26-22-21(9-18(24(22)33)13-36-37(27,34)35)30-25-20(10-28-14-29-25)23(32)16-6-7-31(11-16)12-17-8-19(17)15-4-2-1-3-5-15/h1-7,10-11,14,17-19,21-22,24,33H,8-9,12-13H2,(H2,27,34,35)(H,28,29,30)/t17-,18-,19-,21-,22-,24-/m1/s1. The molecule has 10 nitrogen and oxygen atoms in total. The maximum Gasteiger partial charge on any atom is 0.333 e. The van der Waals surface area contributed by atoms with Crippen molar-refractivity contribution in [1.82, 2.24) is 14.5 Å². The zero-order chi connectivity index (χ0) is 26.2. The van der Waals surface area contributed by atoms with E-state index in [0.29, 0.717) is 17.4 Å². The maximum atomic E-state index is 14.8. The Morgan fingerprint density at radius 2 is 2.00 bits per heavy atom. The molecule has 0 bridgehead atoms. The third kappa shape index (κ3) is 5.87. The van der Waals surface area contributed by atoms with E-state index in [1.165, 1.54) is 18.1 Å². The number of carbonyl (C=O) groups is 1. The zero-order valence-corrected chi connectivity index (χ0v) is 20.7. The third-order valence-electron chi connectivity index (χ3n) is 7.08. The number of aliphatic hydroxyl groups excluding tert-OH is 1. The molecule has 0 radical (unpaired) electrons. The van der Waals surface area contributed by atoms with Gasteiger partial charge < -0.3 is 15.0 Å². The summed E-state index contributed by atoms with van der Waals surface area (Å²) >= 11 is 0. The lowest BCUT2D eigenvalue weighted by Gasteiger charge is -2.18. The minimum atomic E-state index is -4.22. The summed E-state index contributed by atoms with van der Waals surface area (Å²) in [4.78, 5) is 21.4. The van der Waals surface area contributed by atoms with E-state index in [4.69, 9.17) is 5.14 Å². The van der Waals surface area contributed by atoms with Crippen LogP contribution in [0.15, 0.2) is 61.3 Å². The van der Waals surface area contributed by atoms with Gasteiger partial charge in [0.1, 0.15) is 18.3 Å². The summed E-state index contributed by atoms with van der Waals surface area (Å²) in [5, 5.41) is 17.9. The average molecular weight is 530 g/mol. The van der Waals surface area contributed by atoms with Crippen LogP contribution >= 0.6 is 0 Å². The molecule has 2 aromatic heterocycles. The molecule has 2 fully saturated rings. The summed E-state index contributed by atoms with van der Waals surface area (Å²) in [5.74, 6) is 0.0439. The number of aromatic nitrogens is 3. The van der Waals surface area contributed by atoms with Crippen LogP contribution in [0.2, 0.25) is 0 Å². The van der Waals surface area contributed by atoms with Gasteiger partial charge in [0.2, 0.25) is 0 Å². The molecular formula is C25H28FN5O5S. The molecule has 3 aromatic rings. The summed E-state index contributed by atoms with van der Waals surface area (Å²) in [6, 6.07) is 11.2. The van der Waals surface area contributed by atoms with Crippen molar-refractivity contribution in [3.63, 3.8) is 0 Å². The summed E-state index contributed by atoms with van der Waals surface area (Å²) in [6.45, 7) is 0.350. The van der Waals surface area contributed by atoms with E-state index in [1.54, 1.807) is 12.3 Å². The quantitative estimate of drug-likeness (QED) is 0.338. The van der Waals surface area contributed by atoms with Crippen molar-refractivity contribution in [2.24, 2.45) is 17.0 Å². The molecule has 2 saturated carbocycles. The lowest BCUT2D eigenvalue weighted by atomic mass is 10.1.